The third kappa shape index (κ3) is 65.7. The summed E-state index contributed by atoms with van der Waals surface area (Å²) in [5.74, 6) is 3.00. The Bertz CT molecular complexity index is 386. The minimum atomic E-state index is -0.695. The molecule has 0 spiro atoms. The molecule has 0 radical (unpaired) electrons. The SMILES string of the molecule is CCC(C)CC.CCC(C)CC.CCC(C)CC.CCC(C)CC.CCC(C)CC(=O)O.CCC(C)CC(=O)O. The van der Waals surface area contributed by atoms with Crippen LogP contribution in [0.5, 0.6) is 0 Å². The zero-order valence-electron chi connectivity index (χ0n) is 30.7. The van der Waals surface area contributed by atoms with Gasteiger partial charge in [-0.2, -0.15) is 0 Å². The molecular formula is C36H80O4. The van der Waals surface area contributed by atoms with Crippen molar-refractivity contribution in [3.8, 4) is 0 Å². The monoisotopic (exact) mass is 577 g/mol. The van der Waals surface area contributed by atoms with Crippen molar-refractivity contribution in [1.29, 1.82) is 0 Å². The number of carboxylic acids is 2. The van der Waals surface area contributed by atoms with Crippen molar-refractivity contribution < 1.29 is 19.8 Å². The average molecular weight is 577 g/mol. The molecule has 2 N–H and O–H groups in total. The quantitative estimate of drug-likeness (QED) is 0.216. The largest absolute Gasteiger partial charge is 0.481 e. The summed E-state index contributed by atoms with van der Waals surface area (Å²) in [6, 6.07) is 0. The molecule has 2 atom stereocenters. The summed E-state index contributed by atoms with van der Waals surface area (Å²) >= 11 is 0. The van der Waals surface area contributed by atoms with E-state index in [4.69, 9.17) is 10.2 Å². The Morgan fingerprint density at radius 2 is 0.475 bits per heavy atom. The minimum Gasteiger partial charge on any atom is -0.481 e. The van der Waals surface area contributed by atoms with Gasteiger partial charge in [0.15, 0.2) is 0 Å². The van der Waals surface area contributed by atoms with Gasteiger partial charge < -0.3 is 10.2 Å². The molecular weight excluding hydrogens is 496 g/mol. The van der Waals surface area contributed by atoms with E-state index in [-0.39, 0.29) is 0 Å². The van der Waals surface area contributed by atoms with Crippen LogP contribution >= 0.6 is 0 Å². The zero-order valence-corrected chi connectivity index (χ0v) is 30.7. The summed E-state index contributed by atoms with van der Waals surface area (Å²) in [5.41, 5.74) is 0. The lowest BCUT2D eigenvalue weighted by Crippen LogP contribution is -2.02. The summed E-state index contributed by atoms with van der Waals surface area (Å²) in [7, 11) is 0. The van der Waals surface area contributed by atoms with Crippen molar-refractivity contribution in [2.45, 2.75) is 188 Å². The van der Waals surface area contributed by atoms with Gasteiger partial charge in [0.1, 0.15) is 0 Å². The number of rotatable bonds is 14. The molecule has 0 aromatic carbocycles. The Balaban J connectivity index is -0.0000000872. The fourth-order valence-corrected chi connectivity index (χ4v) is 2.04. The van der Waals surface area contributed by atoms with Crippen LogP contribution in [0.15, 0.2) is 0 Å². The maximum absolute atomic E-state index is 9.97. The van der Waals surface area contributed by atoms with Gasteiger partial charge in [-0.3, -0.25) is 9.59 Å². The number of carbonyl (C=O) groups is 2. The van der Waals surface area contributed by atoms with Crippen molar-refractivity contribution in [2.24, 2.45) is 35.5 Å². The molecule has 2 unspecified atom stereocenters. The minimum absolute atomic E-state index is 0.302. The van der Waals surface area contributed by atoms with Crippen LogP contribution in [0, 0.1) is 35.5 Å². The number of carboxylic acid groups (broad SMARTS) is 2. The third-order valence-electron chi connectivity index (χ3n) is 8.02. The fourth-order valence-electron chi connectivity index (χ4n) is 2.04. The first kappa shape index (κ1) is 51.7. The Hall–Kier alpha value is -1.06. The van der Waals surface area contributed by atoms with Crippen molar-refractivity contribution in [3.05, 3.63) is 0 Å². The van der Waals surface area contributed by atoms with Gasteiger partial charge in [0.05, 0.1) is 0 Å². The summed E-state index contributed by atoms with van der Waals surface area (Å²) < 4.78 is 0. The standard InChI is InChI=1S/2C6H12O2.4C6H14/c2*1-3-5(2)4-6(7)8;4*1-4-6(3)5-2/h2*5H,3-4H2,1-2H3,(H,7,8);4*6H,4-5H2,1-3H3. The molecule has 0 aromatic rings. The van der Waals surface area contributed by atoms with Crippen molar-refractivity contribution in [3.63, 3.8) is 0 Å². The molecule has 0 amide bonds. The first-order valence-corrected chi connectivity index (χ1v) is 17.0. The number of aliphatic carboxylic acids is 2. The van der Waals surface area contributed by atoms with Gasteiger partial charge in [0.25, 0.3) is 0 Å². The van der Waals surface area contributed by atoms with E-state index in [0.29, 0.717) is 24.7 Å². The highest BCUT2D eigenvalue weighted by atomic mass is 16.4. The fraction of sp³-hybridized carbons (Fsp3) is 0.944. The molecule has 0 rings (SSSR count). The number of hydrogen-bond donors (Lipinski definition) is 2. The van der Waals surface area contributed by atoms with Gasteiger partial charge in [0.2, 0.25) is 0 Å². The van der Waals surface area contributed by atoms with Crippen LogP contribution < -0.4 is 0 Å². The van der Waals surface area contributed by atoms with Crippen LogP contribution in [-0.4, -0.2) is 22.2 Å². The Kier molecular flexibility index (Phi) is 54.8. The van der Waals surface area contributed by atoms with E-state index < -0.39 is 11.9 Å². The van der Waals surface area contributed by atoms with Crippen LogP contribution in [-0.2, 0) is 9.59 Å². The van der Waals surface area contributed by atoms with E-state index in [1.807, 2.05) is 27.7 Å². The summed E-state index contributed by atoms with van der Waals surface area (Å²) in [6.45, 7) is 34.8. The first-order valence-electron chi connectivity index (χ1n) is 17.0. The maximum Gasteiger partial charge on any atom is 0.303 e. The molecule has 0 aliphatic carbocycles. The summed E-state index contributed by atoms with van der Waals surface area (Å²) in [4.78, 5) is 19.9. The van der Waals surface area contributed by atoms with Crippen LogP contribution in [0.3, 0.4) is 0 Å². The molecule has 0 bridgehead atoms. The Labute approximate surface area is 254 Å². The molecule has 40 heavy (non-hydrogen) atoms. The normalized spacial score (nSPS) is 11.3. The Morgan fingerprint density at radius 1 is 0.350 bits per heavy atom. The molecule has 0 saturated carbocycles. The molecule has 4 heteroatoms. The molecule has 0 aliphatic heterocycles. The van der Waals surface area contributed by atoms with Gasteiger partial charge in [0, 0.05) is 12.8 Å². The highest BCUT2D eigenvalue weighted by Gasteiger charge is 2.03. The topological polar surface area (TPSA) is 74.6 Å². The smallest absolute Gasteiger partial charge is 0.303 e. The van der Waals surface area contributed by atoms with Crippen LogP contribution in [0.4, 0.5) is 0 Å². The number of hydrogen-bond acceptors (Lipinski definition) is 2. The van der Waals surface area contributed by atoms with E-state index in [2.05, 4.69) is 83.1 Å². The van der Waals surface area contributed by atoms with Crippen molar-refractivity contribution in [1.82, 2.24) is 0 Å². The van der Waals surface area contributed by atoms with Gasteiger partial charge in [-0.05, 0) is 35.5 Å². The van der Waals surface area contributed by atoms with Crippen molar-refractivity contribution >= 4 is 11.9 Å². The van der Waals surface area contributed by atoms with Crippen LogP contribution in [0.1, 0.15) is 188 Å². The lowest BCUT2D eigenvalue weighted by atomic mass is 10.1. The molecule has 0 aromatic heterocycles. The zero-order chi connectivity index (χ0) is 33.1. The molecule has 0 fully saturated rings. The van der Waals surface area contributed by atoms with E-state index in [0.717, 1.165) is 36.5 Å². The molecule has 248 valence electrons. The average Bonchev–Trinajstić information content (AvgIpc) is 2.95. The van der Waals surface area contributed by atoms with Gasteiger partial charge in [-0.15, -0.1) is 0 Å². The predicted molar refractivity (Wildman–Crippen MR) is 182 cm³/mol. The summed E-state index contributed by atoms with van der Waals surface area (Å²) in [5, 5.41) is 16.4. The molecule has 0 saturated heterocycles. The second kappa shape index (κ2) is 42.4. The van der Waals surface area contributed by atoms with Gasteiger partial charge in [-0.1, -0.05) is 175 Å². The second-order valence-corrected chi connectivity index (χ2v) is 11.9. The lowest BCUT2D eigenvalue weighted by Gasteiger charge is -2.00. The highest BCUT2D eigenvalue weighted by Crippen LogP contribution is 2.06. The molecule has 0 heterocycles. The molecule has 0 aliphatic rings. The maximum atomic E-state index is 9.97. The van der Waals surface area contributed by atoms with Gasteiger partial charge in [-0.25, -0.2) is 0 Å². The lowest BCUT2D eigenvalue weighted by molar-refractivity contribution is -0.139. The van der Waals surface area contributed by atoms with Crippen molar-refractivity contribution in [2.75, 3.05) is 0 Å². The van der Waals surface area contributed by atoms with Crippen LogP contribution in [0.25, 0.3) is 0 Å². The van der Waals surface area contributed by atoms with E-state index in [1.54, 1.807) is 0 Å². The summed E-state index contributed by atoms with van der Waals surface area (Å²) in [6.07, 6.45) is 13.1. The van der Waals surface area contributed by atoms with E-state index in [1.165, 1.54) is 51.4 Å². The second-order valence-electron chi connectivity index (χ2n) is 11.9. The first-order chi connectivity index (χ1) is 18.6. The predicted octanol–water partition coefficient (Wildman–Crippen LogP) is 12.8. The van der Waals surface area contributed by atoms with Gasteiger partial charge >= 0.3 is 11.9 Å². The van der Waals surface area contributed by atoms with Crippen LogP contribution in [0.2, 0.25) is 0 Å². The Morgan fingerprint density at radius 3 is 0.500 bits per heavy atom. The molecule has 4 nitrogen and oxygen atoms in total. The highest BCUT2D eigenvalue weighted by molar-refractivity contribution is 5.67. The van der Waals surface area contributed by atoms with E-state index >= 15 is 0 Å². The third-order valence-corrected chi connectivity index (χ3v) is 8.02. The van der Waals surface area contributed by atoms with E-state index in [9.17, 15) is 9.59 Å².